The normalized spacial score (nSPS) is 24.3. The molecule has 0 aromatic heterocycles. The Balaban J connectivity index is 1.77. The van der Waals surface area contributed by atoms with Crippen LogP contribution in [0.25, 0.3) is 0 Å². The van der Waals surface area contributed by atoms with Gasteiger partial charge in [0.25, 0.3) is 11.1 Å². The number of rotatable bonds is 3. The van der Waals surface area contributed by atoms with E-state index in [1.807, 2.05) is 32.0 Å². The molecule has 3 amide bonds. The Bertz CT molecular complexity index is 653. The third-order valence-electron chi connectivity index (χ3n) is 4.65. The maximum absolute atomic E-state index is 12.6. The van der Waals surface area contributed by atoms with Crippen molar-refractivity contribution in [2.45, 2.75) is 51.6 Å². The van der Waals surface area contributed by atoms with Gasteiger partial charge in [-0.15, -0.1) is 0 Å². The second kappa shape index (κ2) is 6.97. The summed E-state index contributed by atoms with van der Waals surface area (Å²) in [4.78, 5) is 38.1. The zero-order chi connectivity index (χ0) is 17.3. The number of carbonyl (C=O) groups excluding carboxylic acids is 3. The molecule has 0 bridgehead atoms. The number of benzene rings is 1. The summed E-state index contributed by atoms with van der Waals surface area (Å²) >= 11 is 1.05. The number of thioether (sulfide) groups is 1. The SMILES string of the molecule is Cc1cc(C)cc(C(=O)N[C@H]2CCCC[C@@H]2N2C(=O)CSC2=O)c1. The van der Waals surface area contributed by atoms with Gasteiger partial charge in [0.1, 0.15) is 0 Å². The number of hydrogen-bond donors (Lipinski definition) is 1. The quantitative estimate of drug-likeness (QED) is 0.913. The van der Waals surface area contributed by atoms with Crippen LogP contribution in [0.15, 0.2) is 18.2 Å². The number of amides is 3. The highest BCUT2D eigenvalue weighted by molar-refractivity contribution is 8.14. The molecular weight excluding hydrogens is 324 g/mol. The van der Waals surface area contributed by atoms with Crippen LogP contribution in [0.3, 0.4) is 0 Å². The zero-order valence-corrected chi connectivity index (χ0v) is 14.8. The van der Waals surface area contributed by atoms with Gasteiger partial charge >= 0.3 is 0 Å². The monoisotopic (exact) mass is 346 g/mol. The molecule has 1 aromatic carbocycles. The summed E-state index contributed by atoms with van der Waals surface area (Å²) in [7, 11) is 0. The number of nitrogens with zero attached hydrogens (tertiary/aromatic N) is 1. The molecule has 128 valence electrons. The largest absolute Gasteiger partial charge is 0.347 e. The molecule has 5 nitrogen and oxygen atoms in total. The molecule has 1 aliphatic carbocycles. The molecule has 1 aliphatic heterocycles. The molecule has 0 spiro atoms. The van der Waals surface area contributed by atoms with Crippen LogP contribution in [0.2, 0.25) is 0 Å². The van der Waals surface area contributed by atoms with E-state index < -0.39 is 0 Å². The summed E-state index contributed by atoms with van der Waals surface area (Å²) < 4.78 is 0. The average Bonchev–Trinajstić information content (AvgIpc) is 2.86. The van der Waals surface area contributed by atoms with Gasteiger partial charge in [0.05, 0.1) is 17.8 Å². The Kier molecular flexibility index (Phi) is 4.94. The molecular formula is C18H22N2O3S. The van der Waals surface area contributed by atoms with Crippen LogP contribution in [0, 0.1) is 13.8 Å². The van der Waals surface area contributed by atoms with E-state index in [-0.39, 0.29) is 34.9 Å². The highest BCUT2D eigenvalue weighted by Crippen LogP contribution is 2.30. The summed E-state index contributed by atoms with van der Waals surface area (Å²) in [6, 6.07) is 5.37. The molecule has 2 aliphatic rings. The minimum absolute atomic E-state index is 0.134. The number of carbonyl (C=O) groups is 3. The summed E-state index contributed by atoms with van der Waals surface area (Å²) in [6.07, 6.45) is 3.53. The number of hydrogen-bond acceptors (Lipinski definition) is 4. The molecule has 1 saturated carbocycles. The highest BCUT2D eigenvalue weighted by atomic mass is 32.2. The van der Waals surface area contributed by atoms with E-state index in [1.165, 1.54) is 4.90 Å². The van der Waals surface area contributed by atoms with Crippen LogP contribution in [-0.4, -0.2) is 39.8 Å². The maximum atomic E-state index is 12.6. The van der Waals surface area contributed by atoms with E-state index in [2.05, 4.69) is 5.32 Å². The first-order valence-electron chi connectivity index (χ1n) is 8.33. The zero-order valence-electron chi connectivity index (χ0n) is 14.0. The first-order valence-corrected chi connectivity index (χ1v) is 9.32. The smallest absolute Gasteiger partial charge is 0.289 e. The molecule has 6 heteroatoms. The van der Waals surface area contributed by atoms with Crippen LogP contribution in [-0.2, 0) is 4.79 Å². The van der Waals surface area contributed by atoms with Gasteiger partial charge in [-0.3, -0.25) is 19.3 Å². The van der Waals surface area contributed by atoms with Gasteiger partial charge in [0.15, 0.2) is 0 Å². The van der Waals surface area contributed by atoms with Crippen molar-refractivity contribution in [1.29, 1.82) is 0 Å². The van der Waals surface area contributed by atoms with Gasteiger partial charge in [-0.1, -0.05) is 41.8 Å². The van der Waals surface area contributed by atoms with E-state index in [1.54, 1.807) is 0 Å². The van der Waals surface area contributed by atoms with E-state index in [0.717, 1.165) is 48.6 Å². The Morgan fingerprint density at radius 2 is 1.79 bits per heavy atom. The van der Waals surface area contributed by atoms with Crippen LogP contribution < -0.4 is 5.32 Å². The molecule has 0 radical (unpaired) electrons. The van der Waals surface area contributed by atoms with Gasteiger partial charge in [0, 0.05) is 5.56 Å². The van der Waals surface area contributed by atoms with Crippen molar-refractivity contribution in [3.05, 3.63) is 34.9 Å². The van der Waals surface area contributed by atoms with Crippen molar-refractivity contribution in [2.75, 3.05) is 5.75 Å². The topological polar surface area (TPSA) is 66.5 Å². The van der Waals surface area contributed by atoms with Crippen LogP contribution >= 0.6 is 11.8 Å². The lowest BCUT2D eigenvalue weighted by atomic mass is 9.89. The van der Waals surface area contributed by atoms with Gasteiger partial charge < -0.3 is 5.32 Å². The third-order valence-corrected chi connectivity index (χ3v) is 5.48. The average molecular weight is 346 g/mol. The minimum atomic E-state index is -0.219. The van der Waals surface area contributed by atoms with Crippen molar-refractivity contribution in [2.24, 2.45) is 0 Å². The van der Waals surface area contributed by atoms with Crippen molar-refractivity contribution >= 4 is 28.8 Å². The molecule has 3 rings (SSSR count). The van der Waals surface area contributed by atoms with Crippen LogP contribution in [0.5, 0.6) is 0 Å². The number of aryl methyl sites for hydroxylation is 2. The molecule has 2 fully saturated rings. The molecule has 0 unspecified atom stereocenters. The van der Waals surface area contributed by atoms with Crippen molar-refractivity contribution in [1.82, 2.24) is 10.2 Å². The lowest BCUT2D eigenvalue weighted by molar-refractivity contribution is -0.127. The Morgan fingerprint density at radius 3 is 2.42 bits per heavy atom. The molecule has 2 atom stereocenters. The fourth-order valence-electron chi connectivity index (χ4n) is 3.63. The van der Waals surface area contributed by atoms with E-state index in [4.69, 9.17) is 0 Å². The Labute approximate surface area is 146 Å². The molecule has 1 aromatic rings. The molecule has 1 heterocycles. The van der Waals surface area contributed by atoms with Crippen molar-refractivity contribution in [3.8, 4) is 0 Å². The summed E-state index contributed by atoms with van der Waals surface area (Å²) in [5.74, 6) is -0.0550. The predicted octanol–water partition coefficient (Wildman–Crippen LogP) is 3.04. The first-order chi connectivity index (χ1) is 11.5. The van der Waals surface area contributed by atoms with Gasteiger partial charge in [0.2, 0.25) is 5.91 Å². The maximum Gasteiger partial charge on any atom is 0.289 e. The van der Waals surface area contributed by atoms with Gasteiger partial charge in [-0.2, -0.15) is 0 Å². The summed E-state index contributed by atoms with van der Waals surface area (Å²) in [5.41, 5.74) is 2.72. The Morgan fingerprint density at radius 1 is 1.12 bits per heavy atom. The van der Waals surface area contributed by atoms with Gasteiger partial charge in [-0.05, 0) is 38.8 Å². The third kappa shape index (κ3) is 3.48. The molecule has 1 N–H and O–H groups in total. The number of imide groups is 1. The second-order valence-electron chi connectivity index (χ2n) is 6.63. The second-order valence-corrected chi connectivity index (χ2v) is 7.55. The summed E-state index contributed by atoms with van der Waals surface area (Å²) in [6.45, 7) is 3.93. The van der Waals surface area contributed by atoms with Crippen molar-refractivity contribution in [3.63, 3.8) is 0 Å². The standard InChI is InChI=1S/C18H22N2O3S/c1-11-7-12(2)9-13(8-11)17(22)19-14-5-3-4-6-15(14)20-16(21)10-24-18(20)23/h7-9,14-15H,3-6,10H2,1-2H3,(H,19,22)/t14-,15-/m0/s1. The first kappa shape index (κ1) is 17.0. The minimum Gasteiger partial charge on any atom is -0.347 e. The van der Waals surface area contributed by atoms with Gasteiger partial charge in [-0.25, -0.2) is 0 Å². The molecule has 24 heavy (non-hydrogen) atoms. The fraction of sp³-hybridized carbons (Fsp3) is 0.500. The fourth-order valence-corrected chi connectivity index (χ4v) is 4.39. The van der Waals surface area contributed by atoms with E-state index in [9.17, 15) is 14.4 Å². The number of nitrogens with one attached hydrogen (secondary N) is 1. The van der Waals surface area contributed by atoms with Crippen LogP contribution in [0.4, 0.5) is 4.79 Å². The van der Waals surface area contributed by atoms with Crippen LogP contribution in [0.1, 0.15) is 47.2 Å². The van der Waals surface area contributed by atoms with Crippen molar-refractivity contribution < 1.29 is 14.4 Å². The predicted molar refractivity (Wildman–Crippen MR) is 94.1 cm³/mol. The summed E-state index contributed by atoms with van der Waals surface area (Å²) in [5, 5.41) is 2.88. The van der Waals surface area contributed by atoms with E-state index in [0.29, 0.717) is 5.56 Å². The lowest BCUT2D eigenvalue weighted by Crippen LogP contribution is -2.54. The Hall–Kier alpha value is -1.82. The molecule has 1 saturated heterocycles. The van der Waals surface area contributed by atoms with E-state index >= 15 is 0 Å². The lowest BCUT2D eigenvalue weighted by Gasteiger charge is -2.36. The highest BCUT2D eigenvalue weighted by Gasteiger charge is 2.41.